The van der Waals surface area contributed by atoms with Crippen molar-refractivity contribution in [2.45, 2.75) is 20.4 Å². The summed E-state index contributed by atoms with van der Waals surface area (Å²) in [6.45, 7) is 4.41. The Morgan fingerprint density at radius 2 is 1.50 bits per heavy atom. The fourth-order valence-corrected chi connectivity index (χ4v) is 2.44. The maximum atomic E-state index is 10.5. The van der Waals surface area contributed by atoms with Crippen LogP contribution in [0.1, 0.15) is 47.9 Å². The molecular formula is C21H20N2O5. The van der Waals surface area contributed by atoms with Crippen LogP contribution in [0.15, 0.2) is 54.7 Å². The summed E-state index contributed by atoms with van der Waals surface area (Å²) >= 11 is 0. The van der Waals surface area contributed by atoms with Gasteiger partial charge in [-0.3, -0.25) is 9.48 Å². The molecule has 1 aromatic heterocycles. The van der Waals surface area contributed by atoms with Gasteiger partial charge in [-0.15, -0.1) is 0 Å². The number of aldehydes is 1. The van der Waals surface area contributed by atoms with Crippen molar-refractivity contribution >= 4 is 18.2 Å². The van der Waals surface area contributed by atoms with E-state index in [1.807, 2.05) is 6.20 Å². The lowest BCUT2D eigenvalue weighted by Gasteiger charge is -2.01. The average molecular weight is 380 g/mol. The number of carbonyl (C=O) groups excluding carboxylic acids is 1. The Hall–Kier alpha value is -3.74. The van der Waals surface area contributed by atoms with Gasteiger partial charge >= 0.3 is 11.9 Å². The summed E-state index contributed by atoms with van der Waals surface area (Å²) in [5.74, 6) is -2.24. The highest BCUT2D eigenvalue weighted by Crippen LogP contribution is 2.09. The molecule has 0 saturated carbocycles. The van der Waals surface area contributed by atoms with Crippen molar-refractivity contribution in [2.75, 3.05) is 0 Å². The molecule has 28 heavy (non-hydrogen) atoms. The predicted octanol–water partition coefficient (Wildman–Crippen LogP) is 3.44. The maximum absolute atomic E-state index is 10.5. The molecule has 0 unspecified atom stereocenters. The quantitative estimate of drug-likeness (QED) is 0.656. The normalized spacial score (nSPS) is 9.93. The molecule has 0 atom stereocenters. The number of hydrogen-bond donors (Lipinski definition) is 2. The third-order valence-corrected chi connectivity index (χ3v) is 3.82. The Morgan fingerprint density at radius 3 is 1.96 bits per heavy atom. The first-order valence-electron chi connectivity index (χ1n) is 8.41. The van der Waals surface area contributed by atoms with Crippen LogP contribution in [0, 0.1) is 13.8 Å². The number of carbonyl (C=O) groups is 3. The van der Waals surface area contributed by atoms with Crippen molar-refractivity contribution in [3.63, 3.8) is 0 Å². The van der Waals surface area contributed by atoms with E-state index in [-0.39, 0.29) is 11.1 Å². The Bertz CT molecular complexity index is 958. The summed E-state index contributed by atoms with van der Waals surface area (Å²) in [5.41, 5.74) is 3.52. The Morgan fingerprint density at radius 1 is 0.929 bits per heavy atom. The van der Waals surface area contributed by atoms with Gasteiger partial charge in [0.05, 0.1) is 17.7 Å². The van der Waals surface area contributed by atoms with Gasteiger partial charge in [-0.2, -0.15) is 5.10 Å². The summed E-state index contributed by atoms with van der Waals surface area (Å²) < 4.78 is 1.76. The molecule has 0 aliphatic rings. The zero-order valence-corrected chi connectivity index (χ0v) is 15.5. The second kappa shape index (κ2) is 9.27. The first-order chi connectivity index (χ1) is 13.3. The van der Waals surface area contributed by atoms with Crippen LogP contribution >= 0.6 is 0 Å². The molecule has 0 aliphatic carbocycles. The number of aromatic carboxylic acids is 2. The first-order valence-corrected chi connectivity index (χ1v) is 8.41. The van der Waals surface area contributed by atoms with Gasteiger partial charge in [0, 0.05) is 6.20 Å². The molecule has 2 aromatic carbocycles. The number of benzene rings is 2. The molecule has 0 amide bonds. The SMILES string of the molecule is Cc1cc(C(=O)O)cc(C(=O)O)c1.Cc1ccc(Cn2ccc(C=O)n2)cc1. The minimum atomic E-state index is -1.12. The van der Waals surface area contributed by atoms with Crippen molar-refractivity contribution < 1.29 is 24.6 Å². The molecule has 2 N–H and O–H groups in total. The Labute approximate surface area is 161 Å². The smallest absolute Gasteiger partial charge is 0.335 e. The molecular weight excluding hydrogens is 360 g/mol. The molecule has 0 spiro atoms. The van der Waals surface area contributed by atoms with E-state index in [2.05, 4.69) is 36.3 Å². The lowest BCUT2D eigenvalue weighted by atomic mass is 10.1. The molecule has 0 bridgehead atoms. The Kier molecular flexibility index (Phi) is 6.81. The van der Waals surface area contributed by atoms with E-state index in [4.69, 9.17) is 10.2 Å². The monoisotopic (exact) mass is 380 g/mol. The van der Waals surface area contributed by atoms with Crippen molar-refractivity contribution in [2.24, 2.45) is 0 Å². The van der Waals surface area contributed by atoms with Gasteiger partial charge in [0.15, 0.2) is 6.29 Å². The number of hydrogen-bond acceptors (Lipinski definition) is 4. The van der Waals surface area contributed by atoms with Crippen molar-refractivity contribution in [3.8, 4) is 0 Å². The molecule has 0 aliphatic heterocycles. The molecule has 0 saturated heterocycles. The zero-order valence-electron chi connectivity index (χ0n) is 15.5. The standard InChI is InChI=1S/C12H12N2O.C9H8O4/c1-10-2-4-11(5-3-10)8-14-7-6-12(9-15)13-14;1-5-2-6(8(10)11)4-7(3-5)9(12)13/h2-7,9H,8H2,1H3;2-4H,1H3,(H,10,11)(H,12,13). The number of nitrogens with zero attached hydrogens (tertiary/aromatic N) is 2. The topological polar surface area (TPSA) is 109 Å². The van der Waals surface area contributed by atoms with Crippen LogP contribution in [0.25, 0.3) is 0 Å². The average Bonchev–Trinajstić information content (AvgIpc) is 3.11. The molecule has 0 fully saturated rings. The number of carboxylic acid groups (broad SMARTS) is 2. The Balaban J connectivity index is 0.000000203. The second-order valence-electron chi connectivity index (χ2n) is 6.24. The fraction of sp³-hybridized carbons (Fsp3) is 0.143. The molecule has 7 nitrogen and oxygen atoms in total. The molecule has 0 radical (unpaired) electrons. The largest absolute Gasteiger partial charge is 0.478 e. The number of aromatic nitrogens is 2. The summed E-state index contributed by atoms with van der Waals surface area (Å²) in [6, 6.07) is 14.0. The van der Waals surface area contributed by atoms with Crippen molar-refractivity contribution in [3.05, 3.63) is 88.2 Å². The number of carboxylic acids is 2. The zero-order chi connectivity index (χ0) is 20.7. The number of rotatable bonds is 5. The third-order valence-electron chi connectivity index (χ3n) is 3.82. The van der Waals surface area contributed by atoms with E-state index in [0.29, 0.717) is 17.8 Å². The summed E-state index contributed by atoms with van der Waals surface area (Å²) in [5, 5.41) is 21.3. The minimum absolute atomic E-state index is 0.00241. The van der Waals surface area contributed by atoms with Crippen molar-refractivity contribution in [1.29, 1.82) is 0 Å². The van der Waals surface area contributed by atoms with Crippen LogP contribution in [0.3, 0.4) is 0 Å². The lowest BCUT2D eigenvalue weighted by molar-refractivity contribution is 0.0696. The van der Waals surface area contributed by atoms with Crippen LogP contribution in [0.2, 0.25) is 0 Å². The molecule has 144 valence electrons. The van der Waals surface area contributed by atoms with Gasteiger partial charge in [0.1, 0.15) is 5.69 Å². The van der Waals surface area contributed by atoms with Crippen LogP contribution in [0.4, 0.5) is 0 Å². The second-order valence-corrected chi connectivity index (χ2v) is 6.24. The lowest BCUT2D eigenvalue weighted by Crippen LogP contribution is -2.02. The number of aryl methyl sites for hydroxylation is 2. The van der Waals surface area contributed by atoms with Crippen LogP contribution < -0.4 is 0 Å². The van der Waals surface area contributed by atoms with E-state index in [1.54, 1.807) is 17.7 Å². The van der Waals surface area contributed by atoms with Gasteiger partial charge in [0.2, 0.25) is 0 Å². The van der Waals surface area contributed by atoms with Gasteiger partial charge in [-0.05, 0) is 49.2 Å². The van der Waals surface area contributed by atoms with E-state index in [0.717, 1.165) is 12.4 Å². The maximum Gasteiger partial charge on any atom is 0.335 e. The fourth-order valence-electron chi connectivity index (χ4n) is 2.44. The molecule has 3 aromatic rings. The van der Waals surface area contributed by atoms with Crippen LogP contribution in [-0.2, 0) is 6.54 Å². The third kappa shape index (κ3) is 5.91. The van der Waals surface area contributed by atoms with E-state index >= 15 is 0 Å². The predicted molar refractivity (Wildman–Crippen MR) is 103 cm³/mol. The van der Waals surface area contributed by atoms with Gasteiger partial charge in [-0.25, -0.2) is 9.59 Å². The highest BCUT2D eigenvalue weighted by atomic mass is 16.4. The minimum Gasteiger partial charge on any atom is -0.478 e. The van der Waals surface area contributed by atoms with Gasteiger partial charge in [-0.1, -0.05) is 29.8 Å². The van der Waals surface area contributed by atoms with Crippen LogP contribution in [0.5, 0.6) is 0 Å². The van der Waals surface area contributed by atoms with Crippen LogP contribution in [-0.4, -0.2) is 38.2 Å². The van der Waals surface area contributed by atoms with E-state index < -0.39 is 11.9 Å². The summed E-state index contributed by atoms with van der Waals surface area (Å²) in [6.07, 6.45) is 2.56. The highest BCUT2D eigenvalue weighted by molar-refractivity contribution is 5.94. The molecule has 1 heterocycles. The van der Waals surface area contributed by atoms with E-state index in [9.17, 15) is 14.4 Å². The summed E-state index contributed by atoms with van der Waals surface area (Å²) in [7, 11) is 0. The van der Waals surface area contributed by atoms with Gasteiger partial charge in [0.25, 0.3) is 0 Å². The highest BCUT2D eigenvalue weighted by Gasteiger charge is 2.09. The van der Waals surface area contributed by atoms with Crippen molar-refractivity contribution in [1.82, 2.24) is 9.78 Å². The van der Waals surface area contributed by atoms with E-state index in [1.165, 1.54) is 23.3 Å². The molecule has 3 rings (SSSR count). The van der Waals surface area contributed by atoms with Gasteiger partial charge < -0.3 is 10.2 Å². The summed E-state index contributed by atoms with van der Waals surface area (Å²) in [4.78, 5) is 31.5. The molecule has 7 heteroatoms. The first kappa shape index (κ1) is 20.6.